The fourth-order valence-electron chi connectivity index (χ4n) is 2.29. The lowest BCUT2D eigenvalue weighted by Gasteiger charge is -2.22. The minimum absolute atomic E-state index is 0.185. The molecule has 0 radical (unpaired) electrons. The normalized spacial score (nSPS) is 17.8. The first-order chi connectivity index (χ1) is 10.7. The van der Waals surface area contributed by atoms with Crippen LogP contribution in [0.2, 0.25) is 0 Å². The molecule has 0 bridgehead atoms. The van der Waals surface area contributed by atoms with Gasteiger partial charge in [0.15, 0.2) is 0 Å². The van der Waals surface area contributed by atoms with E-state index in [2.05, 4.69) is 10.6 Å². The maximum atomic E-state index is 11.5. The van der Waals surface area contributed by atoms with Gasteiger partial charge in [-0.3, -0.25) is 9.59 Å². The summed E-state index contributed by atoms with van der Waals surface area (Å²) in [6.45, 7) is 1.84. The highest BCUT2D eigenvalue weighted by Crippen LogP contribution is 2.15. The van der Waals surface area contributed by atoms with Gasteiger partial charge in [0, 0.05) is 19.3 Å². The lowest BCUT2D eigenvalue weighted by Crippen LogP contribution is -2.32. The fourth-order valence-corrected chi connectivity index (χ4v) is 2.29. The number of hydrogen-bond acceptors (Lipinski definition) is 4. The minimum atomic E-state index is -0.684. The third-order valence-corrected chi connectivity index (χ3v) is 3.46. The van der Waals surface area contributed by atoms with Crippen LogP contribution in [0.15, 0.2) is 24.3 Å². The van der Waals surface area contributed by atoms with Crippen molar-refractivity contribution >= 4 is 17.5 Å². The Morgan fingerprint density at radius 2 is 2.18 bits per heavy atom. The summed E-state index contributed by atoms with van der Waals surface area (Å²) in [4.78, 5) is 22.7. The maximum Gasteiger partial charge on any atom is 0.313 e. The van der Waals surface area contributed by atoms with Gasteiger partial charge in [0.05, 0.1) is 19.3 Å². The molecule has 120 valence electrons. The summed E-state index contributed by atoms with van der Waals surface area (Å²) in [6.07, 6.45) is 3.55. The third kappa shape index (κ3) is 5.13. The molecular formula is C16H22N2O4. The Morgan fingerprint density at radius 1 is 1.32 bits per heavy atom. The van der Waals surface area contributed by atoms with E-state index in [0.29, 0.717) is 18.9 Å². The minimum Gasteiger partial charge on any atom is -0.376 e. The number of hydrogen-bond donors (Lipinski definition) is 2. The van der Waals surface area contributed by atoms with Gasteiger partial charge in [0.25, 0.3) is 0 Å². The average Bonchev–Trinajstić information content (AvgIpc) is 2.55. The quantitative estimate of drug-likeness (QED) is 0.807. The summed E-state index contributed by atoms with van der Waals surface area (Å²) < 4.78 is 11.3. The SMILES string of the molecule is CNC(=O)C(=O)Nc1cccc(COC[C@H]2CCCCO2)c1. The molecule has 6 heteroatoms. The second kappa shape index (κ2) is 8.51. The fraction of sp³-hybridized carbons (Fsp3) is 0.500. The molecule has 2 amide bonds. The number of likely N-dealkylation sites (N-methyl/N-ethyl adjacent to an activating group) is 1. The zero-order chi connectivity index (χ0) is 15.8. The number of rotatable bonds is 5. The summed E-state index contributed by atoms with van der Waals surface area (Å²) >= 11 is 0. The van der Waals surface area contributed by atoms with Crippen LogP contribution >= 0.6 is 0 Å². The number of benzene rings is 1. The molecule has 1 aromatic carbocycles. The molecule has 22 heavy (non-hydrogen) atoms. The molecule has 0 aromatic heterocycles. The molecule has 0 saturated carbocycles. The highest BCUT2D eigenvalue weighted by atomic mass is 16.5. The number of amides is 2. The molecule has 2 rings (SSSR count). The Bertz CT molecular complexity index is 513. The van der Waals surface area contributed by atoms with Crippen molar-refractivity contribution in [3.8, 4) is 0 Å². The van der Waals surface area contributed by atoms with Crippen molar-refractivity contribution in [2.24, 2.45) is 0 Å². The van der Waals surface area contributed by atoms with E-state index in [1.165, 1.54) is 13.5 Å². The molecule has 0 spiro atoms. The van der Waals surface area contributed by atoms with Crippen molar-refractivity contribution in [1.82, 2.24) is 5.32 Å². The molecule has 1 saturated heterocycles. The molecule has 0 aliphatic carbocycles. The van der Waals surface area contributed by atoms with E-state index in [1.54, 1.807) is 12.1 Å². The van der Waals surface area contributed by atoms with Crippen molar-refractivity contribution < 1.29 is 19.1 Å². The van der Waals surface area contributed by atoms with Crippen LogP contribution in [-0.4, -0.2) is 38.2 Å². The van der Waals surface area contributed by atoms with Gasteiger partial charge in [-0.25, -0.2) is 0 Å². The standard InChI is InChI=1S/C16H22N2O4/c1-17-15(19)16(20)18-13-6-4-5-12(9-13)10-21-11-14-7-2-3-8-22-14/h4-6,9,14H,2-3,7-8,10-11H2,1H3,(H,17,19)(H,18,20)/t14-/m1/s1. The van der Waals surface area contributed by atoms with E-state index in [1.807, 2.05) is 12.1 Å². The van der Waals surface area contributed by atoms with Gasteiger partial charge >= 0.3 is 11.8 Å². The van der Waals surface area contributed by atoms with Gasteiger partial charge in [0.1, 0.15) is 0 Å². The van der Waals surface area contributed by atoms with Gasteiger partial charge in [-0.1, -0.05) is 12.1 Å². The number of nitrogens with one attached hydrogen (secondary N) is 2. The predicted octanol–water partition coefficient (Wildman–Crippen LogP) is 1.46. The number of anilines is 1. The monoisotopic (exact) mass is 306 g/mol. The van der Waals surface area contributed by atoms with Gasteiger partial charge in [-0.2, -0.15) is 0 Å². The first kappa shape index (κ1) is 16.5. The lowest BCUT2D eigenvalue weighted by atomic mass is 10.1. The molecule has 1 heterocycles. The summed E-state index contributed by atoms with van der Waals surface area (Å²) in [6, 6.07) is 7.25. The zero-order valence-electron chi connectivity index (χ0n) is 12.8. The van der Waals surface area contributed by atoms with Crippen molar-refractivity contribution in [1.29, 1.82) is 0 Å². The lowest BCUT2D eigenvalue weighted by molar-refractivity contribution is -0.135. The van der Waals surface area contributed by atoms with E-state index in [0.717, 1.165) is 25.0 Å². The van der Waals surface area contributed by atoms with Crippen LogP contribution in [0.3, 0.4) is 0 Å². The molecule has 1 aliphatic heterocycles. The summed E-state index contributed by atoms with van der Waals surface area (Å²) in [5.41, 5.74) is 1.51. The van der Waals surface area contributed by atoms with E-state index in [-0.39, 0.29) is 6.10 Å². The second-order valence-electron chi connectivity index (χ2n) is 5.24. The first-order valence-corrected chi connectivity index (χ1v) is 7.50. The van der Waals surface area contributed by atoms with Gasteiger partial charge < -0.3 is 20.1 Å². The van der Waals surface area contributed by atoms with E-state index < -0.39 is 11.8 Å². The summed E-state index contributed by atoms with van der Waals surface area (Å²) in [5, 5.41) is 4.82. The topological polar surface area (TPSA) is 76.7 Å². The van der Waals surface area contributed by atoms with E-state index >= 15 is 0 Å². The molecule has 6 nitrogen and oxygen atoms in total. The Kier molecular flexibility index (Phi) is 6.36. The zero-order valence-corrected chi connectivity index (χ0v) is 12.8. The van der Waals surface area contributed by atoms with Gasteiger partial charge in [-0.15, -0.1) is 0 Å². The molecule has 1 aromatic rings. The number of carbonyl (C=O) groups is 2. The smallest absolute Gasteiger partial charge is 0.313 e. The largest absolute Gasteiger partial charge is 0.376 e. The highest BCUT2D eigenvalue weighted by molar-refractivity contribution is 6.39. The Labute approximate surface area is 130 Å². The number of carbonyl (C=O) groups excluding carboxylic acids is 2. The summed E-state index contributed by atoms with van der Waals surface area (Å²) in [7, 11) is 1.42. The van der Waals surface area contributed by atoms with Gasteiger partial charge in [-0.05, 0) is 37.0 Å². The van der Waals surface area contributed by atoms with Crippen molar-refractivity contribution in [2.45, 2.75) is 32.0 Å². The van der Waals surface area contributed by atoms with Crippen molar-refractivity contribution in [3.05, 3.63) is 29.8 Å². The maximum absolute atomic E-state index is 11.5. The van der Waals surface area contributed by atoms with Crippen molar-refractivity contribution in [3.63, 3.8) is 0 Å². The van der Waals surface area contributed by atoms with Crippen LogP contribution in [0.5, 0.6) is 0 Å². The van der Waals surface area contributed by atoms with Crippen LogP contribution in [0, 0.1) is 0 Å². The van der Waals surface area contributed by atoms with E-state index in [9.17, 15) is 9.59 Å². The first-order valence-electron chi connectivity index (χ1n) is 7.50. The third-order valence-electron chi connectivity index (χ3n) is 3.46. The molecular weight excluding hydrogens is 284 g/mol. The van der Waals surface area contributed by atoms with Crippen LogP contribution in [0.1, 0.15) is 24.8 Å². The Hall–Kier alpha value is -1.92. The molecule has 1 fully saturated rings. The second-order valence-corrected chi connectivity index (χ2v) is 5.24. The Morgan fingerprint density at radius 3 is 2.91 bits per heavy atom. The van der Waals surface area contributed by atoms with E-state index in [4.69, 9.17) is 9.47 Å². The predicted molar refractivity (Wildman–Crippen MR) is 82.4 cm³/mol. The van der Waals surface area contributed by atoms with Crippen LogP contribution in [0.4, 0.5) is 5.69 Å². The average molecular weight is 306 g/mol. The molecule has 1 aliphatic rings. The van der Waals surface area contributed by atoms with Crippen molar-refractivity contribution in [2.75, 3.05) is 25.6 Å². The van der Waals surface area contributed by atoms with Crippen LogP contribution in [-0.2, 0) is 25.7 Å². The van der Waals surface area contributed by atoms with Crippen LogP contribution in [0.25, 0.3) is 0 Å². The molecule has 2 N–H and O–H groups in total. The summed E-state index contributed by atoms with van der Waals surface area (Å²) in [5.74, 6) is -1.35. The molecule has 0 unspecified atom stereocenters. The molecule has 1 atom stereocenters. The van der Waals surface area contributed by atoms with Crippen LogP contribution < -0.4 is 10.6 Å². The highest BCUT2D eigenvalue weighted by Gasteiger charge is 2.14. The van der Waals surface area contributed by atoms with Gasteiger partial charge in [0.2, 0.25) is 0 Å². The number of ether oxygens (including phenoxy) is 2. The Balaban J connectivity index is 1.80.